The number of nitrogens with zero attached hydrogens (tertiary/aromatic N) is 2. The Bertz CT molecular complexity index is 1170. The summed E-state index contributed by atoms with van der Waals surface area (Å²) in [6.45, 7) is 1.56. The fourth-order valence-corrected chi connectivity index (χ4v) is 3.46. The van der Waals surface area contributed by atoms with E-state index in [0.29, 0.717) is 0 Å². The second-order valence-corrected chi connectivity index (χ2v) is 8.60. The Balaban J connectivity index is 1.81. The van der Waals surface area contributed by atoms with Crippen LogP contribution in [0.2, 0.25) is 0 Å². The highest BCUT2D eigenvalue weighted by Gasteiger charge is 2.66. The van der Waals surface area contributed by atoms with Crippen molar-refractivity contribution in [2.24, 2.45) is 10.7 Å². The molecule has 1 atom stereocenters. The molecule has 1 amide bonds. The summed E-state index contributed by atoms with van der Waals surface area (Å²) in [5.74, 6) is -10.3. The number of amidine groups is 1. The van der Waals surface area contributed by atoms with Gasteiger partial charge in [0.05, 0.1) is 6.20 Å². The Morgan fingerprint density at radius 2 is 1.86 bits per heavy atom. The summed E-state index contributed by atoms with van der Waals surface area (Å²) in [4.78, 5) is 19.8. The molecular weight excluding hydrogens is 501 g/mol. The molecule has 0 saturated heterocycles. The largest absolute Gasteiger partial charge is 0.485 e. The molecule has 2 heterocycles. The maximum atomic E-state index is 15.3. The Morgan fingerprint density at radius 1 is 1.19 bits per heavy atom. The molecule has 36 heavy (non-hydrogen) atoms. The maximum absolute atomic E-state index is 15.3. The number of anilines is 1. The molecule has 3 N–H and O–H groups in total. The standard InChI is InChI=1S/C22H21F7N4O3/c1-19(2)22(28,29)20(3,36-18(30)33-19)13-8-11(4-6-14(13)23)32-16(34)15-7-5-12(9-31-15)35-10-21(26,27)17(24)25/h4-9,17H,10H2,1-3H3,(H2,30,33)(H,32,34)/t20-/m1/s1. The Kier molecular flexibility index (Phi) is 6.85. The lowest BCUT2D eigenvalue weighted by Crippen LogP contribution is -2.62. The number of ether oxygens (including phenoxy) is 2. The highest BCUT2D eigenvalue weighted by Crippen LogP contribution is 2.51. The van der Waals surface area contributed by atoms with Crippen LogP contribution < -0.4 is 15.8 Å². The number of hydrogen-bond donors (Lipinski definition) is 2. The van der Waals surface area contributed by atoms with Crippen LogP contribution in [0.5, 0.6) is 5.75 Å². The van der Waals surface area contributed by atoms with E-state index in [4.69, 9.17) is 10.5 Å². The zero-order chi connectivity index (χ0) is 27.1. The van der Waals surface area contributed by atoms with Crippen LogP contribution in [0.3, 0.4) is 0 Å². The van der Waals surface area contributed by atoms with Gasteiger partial charge in [0.15, 0.2) is 6.61 Å². The molecule has 196 valence electrons. The quantitative estimate of drug-likeness (QED) is 0.513. The molecule has 7 nitrogen and oxygen atoms in total. The number of carbonyl (C=O) groups excluding carboxylic acids is 1. The van der Waals surface area contributed by atoms with Gasteiger partial charge in [-0.05, 0) is 51.1 Å². The molecule has 0 saturated carbocycles. The van der Waals surface area contributed by atoms with E-state index in [1.54, 1.807) is 0 Å². The van der Waals surface area contributed by atoms with Crippen LogP contribution in [0.4, 0.5) is 36.4 Å². The van der Waals surface area contributed by atoms with E-state index < -0.39 is 59.3 Å². The van der Waals surface area contributed by atoms with Gasteiger partial charge in [-0.25, -0.2) is 23.1 Å². The molecule has 14 heteroatoms. The van der Waals surface area contributed by atoms with Gasteiger partial charge in [-0.3, -0.25) is 4.79 Å². The summed E-state index contributed by atoms with van der Waals surface area (Å²) in [5.41, 5.74) is -0.0239. The predicted molar refractivity (Wildman–Crippen MR) is 114 cm³/mol. The van der Waals surface area contributed by atoms with Crippen LogP contribution in [-0.2, 0) is 10.3 Å². The van der Waals surface area contributed by atoms with Gasteiger partial charge >= 0.3 is 18.3 Å². The van der Waals surface area contributed by atoms with Crippen molar-refractivity contribution in [2.75, 3.05) is 11.9 Å². The van der Waals surface area contributed by atoms with Crippen molar-refractivity contribution in [3.05, 3.63) is 53.6 Å². The molecule has 1 aromatic carbocycles. The zero-order valence-corrected chi connectivity index (χ0v) is 19.1. The first-order chi connectivity index (χ1) is 16.5. The number of alkyl halides is 6. The normalized spacial score (nSPS) is 20.9. The number of nitrogens with two attached hydrogens (primary N) is 1. The van der Waals surface area contributed by atoms with Crippen molar-refractivity contribution in [2.45, 2.75) is 50.2 Å². The van der Waals surface area contributed by atoms with Gasteiger partial charge in [0.2, 0.25) is 5.60 Å². The van der Waals surface area contributed by atoms with Crippen molar-refractivity contribution in [1.29, 1.82) is 0 Å². The number of hydrogen-bond acceptors (Lipinski definition) is 6. The summed E-state index contributed by atoms with van der Waals surface area (Å²) in [5, 5.41) is 2.34. The fourth-order valence-electron chi connectivity index (χ4n) is 3.46. The summed E-state index contributed by atoms with van der Waals surface area (Å²) < 4.78 is 105. The van der Waals surface area contributed by atoms with Crippen LogP contribution in [-0.4, -0.2) is 47.3 Å². The van der Waals surface area contributed by atoms with Gasteiger partial charge in [-0.2, -0.15) is 17.6 Å². The van der Waals surface area contributed by atoms with E-state index in [1.165, 1.54) is 0 Å². The summed E-state index contributed by atoms with van der Waals surface area (Å²) >= 11 is 0. The number of benzene rings is 1. The number of aliphatic imine (C=N–C) groups is 1. The lowest BCUT2D eigenvalue weighted by atomic mass is 9.78. The summed E-state index contributed by atoms with van der Waals surface area (Å²) in [7, 11) is 0. The summed E-state index contributed by atoms with van der Waals surface area (Å²) in [6, 6.07) is 4.42. The molecule has 1 aliphatic heterocycles. The minimum absolute atomic E-state index is 0.102. The molecule has 0 bridgehead atoms. The minimum Gasteiger partial charge on any atom is -0.485 e. The highest BCUT2D eigenvalue weighted by atomic mass is 19.3. The van der Waals surface area contributed by atoms with E-state index in [0.717, 1.165) is 57.3 Å². The molecular formula is C22H21F7N4O3. The first kappa shape index (κ1) is 27.0. The van der Waals surface area contributed by atoms with Gasteiger partial charge in [0.1, 0.15) is 22.8 Å². The molecule has 1 aliphatic rings. The van der Waals surface area contributed by atoms with Gasteiger partial charge in [-0.1, -0.05) is 0 Å². The smallest absolute Gasteiger partial charge is 0.340 e. The molecule has 2 aromatic rings. The van der Waals surface area contributed by atoms with E-state index in [9.17, 15) is 26.7 Å². The van der Waals surface area contributed by atoms with Crippen LogP contribution in [0.25, 0.3) is 0 Å². The number of amides is 1. The number of aromatic nitrogens is 1. The molecule has 0 spiro atoms. The van der Waals surface area contributed by atoms with Gasteiger partial charge in [0, 0.05) is 11.3 Å². The molecule has 3 rings (SSSR count). The first-order valence-electron chi connectivity index (χ1n) is 10.3. The van der Waals surface area contributed by atoms with Gasteiger partial charge < -0.3 is 20.5 Å². The second kappa shape index (κ2) is 9.13. The topological polar surface area (TPSA) is 98.8 Å². The number of halogens is 7. The van der Waals surface area contributed by atoms with Gasteiger partial charge in [-0.15, -0.1) is 0 Å². The molecule has 0 fully saturated rings. The van der Waals surface area contributed by atoms with Crippen molar-refractivity contribution < 1.29 is 45.0 Å². The van der Waals surface area contributed by atoms with E-state index in [2.05, 4.69) is 20.0 Å². The fraction of sp³-hybridized carbons (Fsp3) is 0.409. The third kappa shape index (κ3) is 4.88. The first-order valence-corrected chi connectivity index (χ1v) is 10.3. The third-order valence-corrected chi connectivity index (χ3v) is 5.52. The zero-order valence-electron chi connectivity index (χ0n) is 19.1. The Labute approximate surface area is 200 Å². The van der Waals surface area contributed by atoms with Crippen LogP contribution in [0.15, 0.2) is 41.5 Å². The Hall–Kier alpha value is -3.58. The van der Waals surface area contributed by atoms with Crippen LogP contribution >= 0.6 is 0 Å². The molecule has 0 unspecified atom stereocenters. The Morgan fingerprint density at radius 3 is 2.44 bits per heavy atom. The lowest BCUT2D eigenvalue weighted by molar-refractivity contribution is -0.215. The molecule has 1 aromatic heterocycles. The third-order valence-electron chi connectivity index (χ3n) is 5.52. The number of carbonyl (C=O) groups is 1. The molecule has 0 radical (unpaired) electrons. The predicted octanol–water partition coefficient (Wildman–Crippen LogP) is 4.73. The average molecular weight is 522 g/mol. The van der Waals surface area contributed by atoms with Crippen molar-refractivity contribution in [3.63, 3.8) is 0 Å². The SMILES string of the molecule is CC1(C)N=C(N)O[C@](C)(c2cc(NC(=O)c3ccc(OCC(F)(F)C(F)F)cn3)ccc2F)C1(F)F. The average Bonchev–Trinajstić information content (AvgIpc) is 2.77. The maximum Gasteiger partial charge on any atom is 0.340 e. The molecule has 0 aliphatic carbocycles. The summed E-state index contributed by atoms with van der Waals surface area (Å²) in [6.07, 6.45) is -3.07. The van der Waals surface area contributed by atoms with E-state index >= 15 is 8.78 Å². The number of nitrogens with one attached hydrogen (secondary N) is 1. The number of pyridine rings is 1. The van der Waals surface area contributed by atoms with Gasteiger partial charge in [0.25, 0.3) is 11.9 Å². The van der Waals surface area contributed by atoms with Crippen molar-refractivity contribution >= 4 is 17.6 Å². The number of rotatable bonds is 7. The van der Waals surface area contributed by atoms with Crippen LogP contribution in [0.1, 0.15) is 36.8 Å². The second-order valence-electron chi connectivity index (χ2n) is 8.60. The van der Waals surface area contributed by atoms with E-state index in [1.807, 2.05) is 0 Å². The lowest BCUT2D eigenvalue weighted by Gasteiger charge is -2.47. The minimum atomic E-state index is -4.38. The van der Waals surface area contributed by atoms with Crippen molar-refractivity contribution in [1.82, 2.24) is 4.98 Å². The van der Waals surface area contributed by atoms with Crippen LogP contribution in [0, 0.1) is 5.82 Å². The monoisotopic (exact) mass is 522 g/mol. The highest BCUT2D eigenvalue weighted by molar-refractivity contribution is 6.02. The van der Waals surface area contributed by atoms with Crippen molar-refractivity contribution in [3.8, 4) is 5.75 Å². The van der Waals surface area contributed by atoms with E-state index in [-0.39, 0.29) is 17.1 Å².